The average molecular weight is 453 g/mol. The van der Waals surface area contributed by atoms with Crippen molar-refractivity contribution in [1.29, 1.82) is 0 Å². The number of sulfone groups is 1. The third-order valence-electron chi connectivity index (χ3n) is 3.92. The first kappa shape index (κ1) is 18.8. The minimum absolute atomic E-state index is 0.208. The zero-order valence-corrected chi connectivity index (χ0v) is 16.6. The molecule has 0 spiro atoms. The number of halogens is 2. The molecule has 0 aromatic heterocycles. The summed E-state index contributed by atoms with van der Waals surface area (Å²) in [6.45, 7) is 0. The lowest BCUT2D eigenvalue weighted by atomic mass is 10.0. The van der Waals surface area contributed by atoms with Crippen LogP contribution in [0.2, 0.25) is 5.02 Å². The van der Waals surface area contributed by atoms with Gasteiger partial charge in [0.05, 0.1) is 10.2 Å². The third kappa shape index (κ3) is 3.87. The summed E-state index contributed by atoms with van der Waals surface area (Å²) in [5, 5.41) is 10.3. The molecular weight excluding hydrogens is 438 g/mol. The van der Waals surface area contributed by atoms with Crippen molar-refractivity contribution in [1.82, 2.24) is 0 Å². The van der Waals surface area contributed by atoms with E-state index in [1.807, 2.05) is 36.4 Å². The largest absolute Gasteiger partial charge is 0.505 e. The Kier molecular flexibility index (Phi) is 5.27. The second-order valence-electron chi connectivity index (χ2n) is 5.77. The Hall–Kier alpha value is -2.02. The van der Waals surface area contributed by atoms with Gasteiger partial charge in [-0.3, -0.25) is 0 Å². The lowest BCUT2D eigenvalue weighted by Crippen LogP contribution is -2.08. The van der Waals surface area contributed by atoms with Gasteiger partial charge in [0.15, 0.2) is 9.84 Å². The van der Waals surface area contributed by atoms with Gasteiger partial charge < -0.3 is 10.8 Å². The van der Waals surface area contributed by atoms with Gasteiger partial charge in [-0.2, -0.15) is 0 Å². The van der Waals surface area contributed by atoms with Crippen LogP contribution >= 0.6 is 27.5 Å². The van der Waals surface area contributed by atoms with E-state index in [4.69, 9.17) is 17.3 Å². The lowest BCUT2D eigenvalue weighted by molar-refractivity contribution is 0.455. The van der Waals surface area contributed by atoms with Crippen LogP contribution in [0, 0.1) is 0 Å². The van der Waals surface area contributed by atoms with E-state index in [9.17, 15) is 13.5 Å². The van der Waals surface area contributed by atoms with Gasteiger partial charge in [0.2, 0.25) is 0 Å². The molecule has 0 aliphatic carbocycles. The number of nitrogen functional groups attached to an aromatic ring is 1. The molecule has 0 fully saturated rings. The van der Waals surface area contributed by atoms with Crippen LogP contribution in [0.5, 0.6) is 5.75 Å². The van der Waals surface area contributed by atoms with Gasteiger partial charge in [0, 0.05) is 10.7 Å². The molecule has 3 N–H and O–H groups in total. The van der Waals surface area contributed by atoms with Crippen LogP contribution < -0.4 is 5.73 Å². The normalized spacial score (nSPS) is 11.5. The van der Waals surface area contributed by atoms with E-state index in [1.165, 1.54) is 12.1 Å². The zero-order valence-electron chi connectivity index (χ0n) is 13.5. The highest BCUT2D eigenvalue weighted by molar-refractivity contribution is 9.10. The molecule has 0 aliphatic rings. The summed E-state index contributed by atoms with van der Waals surface area (Å²) in [5.41, 5.74) is 8.64. The van der Waals surface area contributed by atoms with Crippen molar-refractivity contribution in [2.45, 2.75) is 10.6 Å². The van der Waals surface area contributed by atoms with E-state index in [0.717, 1.165) is 11.1 Å². The second kappa shape index (κ2) is 7.31. The van der Waals surface area contributed by atoms with Gasteiger partial charge in [-0.05, 0) is 56.9 Å². The Morgan fingerprint density at radius 1 is 1.00 bits per heavy atom. The molecule has 7 heteroatoms. The molecule has 0 amide bonds. The first-order chi connectivity index (χ1) is 12.3. The number of phenolic OH excluding ortho intramolecular Hbond substituents is 1. The summed E-state index contributed by atoms with van der Waals surface area (Å²) in [6, 6.07) is 17.5. The van der Waals surface area contributed by atoms with E-state index in [-0.39, 0.29) is 25.9 Å². The Labute approximate surface area is 165 Å². The molecule has 134 valence electrons. The maximum absolute atomic E-state index is 12.8. The quantitative estimate of drug-likeness (QED) is 0.544. The highest BCUT2D eigenvalue weighted by Gasteiger charge is 2.23. The molecule has 0 saturated heterocycles. The minimum atomic E-state index is -3.85. The molecular formula is C19H15BrClNO3S. The molecule has 0 radical (unpaired) electrons. The number of rotatable bonds is 4. The van der Waals surface area contributed by atoms with Crippen molar-refractivity contribution in [3.63, 3.8) is 0 Å². The van der Waals surface area contributed by atoms with E-state index in [1.54, 1.807) is 12.1 Å². The fourth-order valence-electron chi connectivity index (χ4n) is 2.60. The number of benzene rings is 3. The maximum atomic E-state index is 12.8. The van der Waals surface area contributed by atoms with Crippen LogP contribution in [0.3, 0.4) is 0 Å². The molecule has 0 aliphatic heterocycles. The first-order valence-electron chi connectivity index (χ1n) is 7.62. The number of anilines is 1. The van der Waals surface area contributed by atoms with Crippen molar-refractivity contribution >= 4 is 43.1 Å². The SMILES string of the molecule is Nc1ccc(-c2ccccc2)cc1CS(=O)(=O)c1cc(Cl)cc(Br)c1O. The smallest absolute Gasteiger partial charge is 0.186 e. The van der Waals surface area contributed by atoms with Crippen molar-refractivity contribution in [3.05, 3.63) is 75.7 Å². The molecule has 0 saturated carbocycles. The van der Waals surface area contributed by atoms with Crippen LogP contribution in [0.15, 0.2) is 70.0 Å². The Morgan fingerprint density at radius 3 is 2.38 bits per heavy atom. The monoisotopic (exact) mass is 451 g/mol. The second-order valence-corrected chi connectivity index (χ2v) is 9.02. The Bertz CT molecular complexity index is 1070. The molecule has 3 aromatic carbocycles. The van der Waals surface area contributed by atoms with E-state index >= 15 is 0 Å². The van der Waals surface area contributed by atoms with Crippen LogP contribution in [-0.4, -0.2) is 13.5 Å². The molecule has 0 unspecified atom stereocenters. The van der Waals surface area contributed by atoms with Crippen molar-refractivity contribution < 1.29 is 13.5 Å². The summed E-state index contributed by atoms with van der Waals surface area (Å²) < 4.78 is 25.9. The fraction of sp³-hybridized carbons (Fsp3) is 0.0526. The predicted molar refractivity (Wildman–Crippen MR) is 108 cm³/mol. The van der Waals surface area contributed by atoms with Gasteiger partial charge in [-0.15, -0.1) is 0 Å². The lowest BCUT2D eigenvalue weighted by Gasteiger charge is -2.12. The average Bonchev–Trinajstić information content (AvgIpc) is 2.60. The van der Waals surface area contributed by atoms with E-state index in [2.05, 4.69) is 15.9 Å². The van der Waals surface area contributed by atoms with Crippen molar-refractivity contribution in [2.75, 3.05) is 5.73 Å². The molecule has 3 rings (SSSR count). The summed E-state index contributed by atoms with van der Waals surface area (Å²) in [4.78, 5) is -0.235. The number of hydrogen-bond acceptors (Lipinski definition) is 4. The van der Waals surface area contributed by atoms with Crippen LogP contribution in [-0.2, 0) is 15.6 Å². The van der Waals surface area contributed by atoms with Crippen LogP contribution in [0.4, 0.5) is 5.69 Å². The number of aromatic hydroxyl groups is 1. The summed E-state index contributed by atoms with van der Waals surface area (Å²) >= 11 is 9.05. The standard InChI is InChI=1S/C19H15BrClNO3S/c20-16-9-15(21)10-18(19(16)23)26(24,25)11-14-8-13(6-7-17(14)22)12-4-2-1-3-5-12/h1-10,23H,11,22H2. The van der Waals surface area contributed by atoms with Gasteiger partial charge in [0.1, 0.15) is 10.6 Å². The molecule has 4 nitrogen and oxygen atoms in total. The van der Waals surface area contributed by atoms with Gasteiger partial charge >= 0.3 is 0 Å². The minimum Gasteiger partial charge on any atom is -0.505 e. The number of nitrogens with two attached hydrogens (primary N) is 1. The molecule has 3 aromatic rings. The Balaban J connectivity index is 2.03. The molecule has 26 heavy (non-hydrogen) atoms. The fourth-order valence-corrected chi connectivity index (χ4v) is 5.13. The van der Waals surface area contributed by atoms with E-state index < -0.39 is 9.84 Å². The molecule has 0 bridgehead atoms. The van der Waals surface area contributed by atoms with E-state index in [0.29, 0.717) is 11.3 Å². The van der Waals surface area contributed by atoms with Crippen LogP contribution in [0.1, 0.15) is 5.56 Å². The number of phenols is 1. The van der Waals surface area contributed by atoms with Crippen molar-refractivity contribution in [3.8, 4) is 16.9 Å². The molecule has 0 atom stereocenters. The van der Waals surface area contributed by atoms with Crippen LogP contribution in [0.25, 0.3) is 11.1 Å². The third-order valence-corrected chi connectivity index (χ3v) is 6.42. The predicted octanol–water partition coefficient (Wildman–Crippen LogP) is 5.03. The van der Waals surface area contributed by atoms with Gasteiger partial charge in [-0.25, -0.2) is 8.42 Å². The first-order valence-corrected chi connectivity index (χ1v) is 10.4. The molecule has 0 heterocycles. The van der Waals surface area contributed by atoms with Crippen molar-refractivity contribution in [2.24, 2.45) is 0 Å². The maximum Gasteiger partial charge on any atom is 0.186 e. The number of hydrogen-bond donors (Lipinski definition) is 2. The zero-order chi connectivity index (χ0) is 18.9. The summed E-state index contributed by atoms with van der Waals surface area (Å²) in [7, 11) is -3.85. The summed E-state index contributed by atoms with van der Waals surface area (Å²) in [6.07, 6.45) is 0. The highest BCUT2D eigenvalue weighted by Crippen LogP contribution is 2.36. The van der Waals surface area contributed by atoms with Gasteiger partial charge in [0.25, 0.3) is 0 Å². The summed E-state index contributed by atoms with van der Waals surface area (Å²) in [5.74, 6) is -0.716. The Morgan fingerprint density at radius 2 is 1.69 bits per heavy atom. The topological polar surface area (TPSA) is 80.4 Å². The van der Waals surface area contributed by atoms with Gasteiger partial charge in [-0.1, -0.05) is 48.0 Å². The highest BCUT2D eigenvalue weighted by atomic mass is 79.9.